The Hall–Kier alpha value is -0.840. The molecule has 3 rings (SSSR count). The first-order chi connectivity index (χ1) is 9.83. The molecule has 0 aromatic carbocycles. The van der Waals surface area contributed by atoms with E-state index >= 15 is 0 Å². The van der Waals surface area contributed by atoms with Crippen LogP contribution in [0, 0.1) is 0 Å². The molecule has 112 valence electrons. The minimum Gasteiger partial charge on any atom is -0.487 e. The van der Waals surface area contributed by atoms with Gasteiger partial charge in [0, 0.05) is 20.1 Å². The average Bonchev–Trinajstić information content (AvgIpc) is 2.47. The summed E-state index contributed by atoms with van der Waals surface area (Å²) >= 11 is 0. The monoisotopic (exact) mass is 280 g/mol. The Kier molecular flexibility index (Phi) is 4.44. The maximum Gasteiger partial charge on any atom is 0.147 e. The number of hydrogen-bond donors (Lipinski definition) is 0. The highest BCUT2D eigenvalue weighted by Gasteiger charge is 2.40. The molecular formula is C16H24O4. The molecule has 0 saturated heterocycles. The van der Waals surface area contributed by atoms with Crippen molar-refractivity contribution in [1.29, 1.82) is 0 Å². The molecule has 0 N–H and O–H groups in total. The summed E-state index contributed by atoms with van der Waals surface area (Å²) in [5.41, 5.74) is 2.89. The molecule has 0 aromatic rings. The van der Waals surface area contributed by atoms with Gasteiger partial charge in [-0.3, -0.25) is 0 Å². The molecule has 2 aliphatic heterocycles. The van der Waals surface area contributed by atoms with Crippen LogP contribution in [0.3, 0.4) is 0 Å². The SMILES string of the molecule is CCO[C@H]1C=C2O[C@H](C1)C1=C(CCCC1)[C@H]2OCOC. The summed E-state index contributed by atoms with van der Waals surface area (Å²) in [5.74, 6) is 0.928. The van der Waals surface area contributed by atoms with E-state index in [0.717, 1.165) is 31.6 Å². The normalized spacial score (nSPS) is 32.5. The predicted octanol–water partition coefficient (Wildman–Crippen LogP) is 2.94. The van der Waals surface area contributed by atoms with Gasteiger partial charge >= 0.3 is 0 Å². The molecule has 2 heterocycles. The van der Waals surface area contributed by atoms with Crippen LogP contribution in [0.2, 0.25) is 0 Å². The third-order valence-electron chi connectivity index (χ3n) is 4.33. The third kappa shape index (κ3) is 2.65. The van der Waals surface area contributed by atoms with Gasteiger partial charge in [-0.25, -0.2) is 0 Å². The van der Waals surface area contributed by atoms with Crippen molar-refractivity contribution in [1.82, 2.24) is 0 Å². The largest absolute Gasteiger partial charge is 0.487 e. The minimum absolute atomic E-state index is 0.0650. The molecule has 20 heavy (non-hydrogen) atoms. The summed E-state index contributed by atoms with van der Waals surface area (Å²) in [4.78, 5) is 0. The Labute approximate surface area is 120 Å². The molecule has 0 unspecified atom stereocenters. The van der Waals surface area contributed by atoms with Gasteiger partial charge in [0.25, 0.3) is 0 Å². The van der Waals surface area contributed by atoms with Gasteiger partial charge in [-0.1, -0.05) is 0 Å². The van der Waals surface area contributed by atoms with E-state index in [-0.39, 0.29) is 18.3 Å². The molecular weight excluding hydrogens is 256 g/mol. The predicted molar refractivity (Wildman–Crippen MR) is 75.2 cm³/mol. The first-order valence-corrected chi connectivity index (χ1v) is 7.65. The van der Waals surface area contributed by atoms with Crippen molar-refractivity contribution in [3.63, 3.8) is 0 Å². The number of hydrogen-bond acceptors (Lipinski definition) is 4. The smallest absolute Gasteiger partial charge is 0.147 e. The zero-order valence-corrected chi connectivity index (χ0v) is 12.4. The van der Waals surface area contributed by atoms with Gasteiger partial charge in [-0.05, 0) is 49.8 Å². The molecule has 0 radical (unpaired) electrons. The molecule has 0 saturated carbocycles. The molecule has 3 aliphatic rings. The lowest BCUT2D eigenvalue weighted by Gasteiger charge is -2.42. The fraction of sp³-hybridized carbons (Fsp3) is 0.750. The molecule has 0 spiro atoms. The summed E-state index contributed by atoms with van der Waals surface area (Å²) in [7, 11) is 1.65. The van der Waals surface area contributed by atoms with Gasteiger partial charge in [-0.2, -0.15) is 0 Å². The highest BCUT2D eigenvalue weighted by Crippen LogP contribution is 2.43. The second-order valence-corrected chi connectivity index (χ2v) is 5.62. The van der Waals surface area contributed by atoms with Gasteiger partial charge in [0.2, 0.25) is 0 Å². The summed E-state index contributed by atoms with van der Waals surface area (Å²) in [6.07, 6.45) is 8.09. The van der Waals surface area contributed by atoms with Crippen LogP contribution in [-0.4, -0.2) is 38.8 Å². The number of methoxy groups -OCH3 is 1. The topological polar surface area (TPSA) is 36.9 Å². The average molecular weight is 280 g/mol. The van der Waals surface area contributed by atoms with Crippen LogP contribution in [-0.2, 0) is 18.9 Å². The summed E-state index contributed by atoms with van der Waals surface area (Å²) < 4.78 is 22.9. The minimum atomic E-state index is -0.0650. The van der Waals surface area contributed by atoms with Crippen molar-refractivity contribution >= 4 is 0 Å². The lowest BCUT2D eigenvalue weighted by molar-refractivity contribution is -0.0856. The van der Waals surface area contributed by atoms with Crippen LogP contribution in [0.15, 0.2) is 23.0 Å². The van der Waals surface area contributed by atoms with Crippen LogP contribution in [0.1, 0.15) is 39.0 Å². The van der Waals surface area contributed by atoms with Crippen molar-refractivity contribution in [2.45, 2.75) is 57.3 Å². The summed E-state index contributed by atoms with van der Waals surface area (Å²) in [6, 6.07) is 0. The second kappa shape index (κ2) is 6.29. The van der Waals surface area contributed by atoms with Crippen LogP contribution >= 0.6 is 0 Å². The molecule has 4 heteroatoms. The lowest BCUT2D eigenvalue weighted by atomic mass is 9.79. The van der Waals surface area contributed by atoms with E-state index in [9.17, 15) is 0 Å². The van der Waals surface area contributed by atoms with Crippen LogP contribution in [0.4, 0.5) is 0 Å². The molecule has 0 amide bonds. The van der Waals surface area contributed by atoms with Gasteiger partial charge in [0.15, 0.2) is 0 Å². The molecule has 1 aliphatic carbocycles. The highest BCUT2D eigenvalue weighted by molar-refractivity contribution is 5.36. The van der Waals surface area contributed by atoms with E-state index in [2.05, 4.69) is 6.08 Å². The zero-order chi connectivity index (χ0) is 13.9. The first kappa shape index (κ1) is 14.1. The summed E-state index contributed by atoms with van der Waals surface area (Å²) in [5, 5.41) is 0. The maximum absolute atomic E-state index is 6.12. The van der Waals surface area contributed by atoms with Crippen molar-refractivity contribution < 1.29 is 18.9 Å². The van der Waals surface area contributed by atoms with E-state index in [1.165, 1.54) is 24.0 Å². The Morgan fingerprint density at radius 1 is 1.20 bits per heavy atom. The van der Waals surface area contributed by atoms with Crippen molar-refractivity contribution in [3.05, 3.63) is 23.0 Å². The Bertz CT molecular complexity index is 413. The van der Waals surface area contributed by atoms with Crippen LogP contribution < -0.4 is 0 Å². The fourth-order valence-corrected chi connectivity index (χ4v) is 3.52. The molecule has 0 aromatic heterocycles. The van der Waals surface area contributed by atoms with Crippen molar-refractivity contribution in [2.24, 2.45) is 0 Å². The van der Waals surface area contributed by atoms with Gasteiger partial charge in [0.1, 0.15) is 24.8 Å². The number of fused-ring (bicyclic) bond motifs is 3. The molecule has 2 bridgehead atoms. The van der Waals surface area contributed by atoms with E-state index < -0.39 is 0 Å². The van der Waals surface area contributed by atoms with E-state index in [1.807, 2.05) is 6.92 Å². The lowest BCUT2D eigenvalue weighted by Crippen LogP contribution is -2.40. The Morgan fingerprint density at radius 2 is 2.00 bits per heavy atom. The molecule has 0 fully saturated rings. The standard InChI is InChI=1S/C16H24O4/c1-3-18-11-8-14-12-6-4-5-7-13(12)16(19-10-17-2)15(9-11)20-14/h9,11,14,16H,3-8,10H2,1-2H3/t11-,14-,16-/m1/s1. The van der Waals surface area contributed by atoms with Gasteiger partial charge in [-0.15, -0.1) is 0 Å². The first-order valence-electron chi connectivity index (χ1n) is 7.65. The Morgan fingerprint density at radius 3 is 2.75 bits per heavy atom. The van der Waals surface area contributed by atoms with E-state index in [0.29, 0.717) is 6.79 Å². The van der Waals surface area contributed by atoms with Crippen LogP contribution in [0.5, 0.6) is 0 Å². The molecule has 3 atom stereocenters. The fourth-order valence-electron chi connectivity index (χ4n) is 3.52. The highest BCUT2D eigenvalue weighted by atomic mass is 16.7. The third-order valence-corrected chi connectivity index (χ3v) is 4.33. The van der Waals surface area contributed by atoms with Gasteiger partial charge in [0.05, 0.1) is 6.10 Å². The number of rotatable bonds is 5. The van der Waals surface area contributed by atoms with Crippen molar-refractivity contribution in [2.75, 3.05) is 20.5 Å². The Balaban J connectivity index is 1.88. The quantitative estimate of drug-likeness (QED) is 0.573. The molecule has 4 nitrogen and oxygen atoms in total. The van der Waals surface area contributed by atoms with E-state index in [4.69, 9.17) is 18.9 Å². The van der Waals surface area contributed by atoms with Crippen molar-refractivity contribution in [3.8, 4) is 0 Å². The summed E-state index contributed by atoms with van der Waals surface area (Å²) in [6.45, 7) is 3.07. The zero-order valence-electron chi connectivity index (χ0n) is 12.4. The van der Waals surface area contributed by atoms with E-state index in [1.54, 1.807) is 7.11 Å². The second-order valence-electron chi connectivity index (χ2n) is 5.62. The maximum atomic E-state index is 6.12. The van der Waals surface area contributed by atoms with Gasteiger partial charge < -0.3 is 18.9 Å². The van der Waals surface area contributed by atoms with Crippen LogP contribution in [0.25, 0.3) is 0 Å². The number of ether oxygens (including phenoxy) is 4.